The Kier molecular flexibility index (Phi) is 3.16. The van der Waals surface area contributed by atoms with Crippen LogP contribution in [0.5, 0.6) is 0 Å². The molecule has 0 spiro atoms. The third kappa shape index (κ3) is 3.14. The van der Waals surface area contributed by atoms with Gasteiger partial charge in [0.15, 0.2) is 0 Å². The number of hydrogen-bond acceptors (Lipinski definition) is 1. The lowest BCUT2D eigenvalue weighted by Crippen LogP contribution is -2.26. The molecule has 0 aromatic rings. The van der Waals surface area contributed by atoms with E-state index < -0.39 is 0 Å². The molecule has 1 nitrogen and oxygen atoms in total. The van der Waals surface area contributed by atoms with Gasteiger partial charge in [-0.1, -0.05) is 13.8 Å². The summed E-state index contributed by atoms with van der Waals surface area (Å²) in [6.07, 6.45) is 6.81. The van der Waals surface area contributed by atoms with E-state index in [4.69, 9.17) is 5.73 Å². The third-order valence-electron chi connectivity index (χ3n) is 3.16. The highest BCUT2D eigenvalue weighted by Gasteiger charge is 2.26. The Morgan fingerprint density at radius 1 is 1.33 bits per heavy atom. The molecule has 1 saturated carbocycles. The first kappa shape index (κ1) is 10.0. The molecule has 1 rings (SSSR count). The van der Waals surface area contributed by atoms with Gasteiger partial charge in [0.2, 0.25) is 0 Å². The van der Waals surface area contributed by atoms with Gasteiger partial charge in [-0.3, -0.25) is 0 Å². The van der Waals surface area contributed by atoms with Crippen molar-refractivity contribution >= 4 is 0 Å². The molecule has 1 unspecified atom stereocenters. The molecule has 0 aromatic carbocycles. The molecular weight excluding hydrogens is 146 g/mol. The average Bonchev–Trinajstić information content (AvgIpc) is 1.93. The van der Waals surface area contributed by atoms with E-state index in [-0.39, 0.29) is 0 Å². The summed E-state index contributed by atoms with van der Waals surface area (Å²) in [5.41, 5.74) is 6.40. The Bertz CT molecular complexity index is 128. The summed E-state index contributed by atoms with van der Waals surface area (Å²) < 4.78 is 0. The van der Waals surface area contributed by atoms with Gasteiger partial charge in [-0.15, -0.1) is 0 Å². The summed E-state index contributed by atoms with van der Waals surface area (Å²) in [7, 11) is 0. The normalized spacial score (nSPS) is 27.0. The zero-order chi connectivity index (χ0) is 9.19. The molecule has 1 heteroatoms. The van der Waals surface area contributed by atoms with E-state index in [0.29, 0.717) is 11.5 Å². The molecule has 0 bridgehead atoms. The van der Waals surface area contributed by atoms with E-state index >= 15 is 0 Å². The topological polar surface area (TPSA) is 26.0 Å². The van der Waals surface area contributed by atoms with Crippen LogP contribution >= 0.6 is 0 Å². The second-order valence-corrected chi connectivity index (χ2v) is 5.32. The lowest BCUT2D eigenvalue weighted by atomic mass is 9.72. The summed E-state index contributed by atoms with van der Waals surface area (Å²) in [5, 5.41) is 0. The van der Waals surface area contributed by atoms with Crippen molar-refractivity contribution in [2.45, 2.75) is 58.9 Å². The van der Waals surface area contributed by atoms with Gasteiger partial charge in [0, 0.05) is 6.04 Å². The highest BCUT2D eigenvalue weighted by molar-refractivity contribution is 4.79. The summed E-state index contributed by atoms with van der Waals surface area (Å²) in [5.74, 6) is 0.915. The Morgan fingerprint density at radius 2 is 1.83 bits per heavy atom. The standard InChI is InChI=1S/C11H23N/c1-9(12)8-10-4-6-11(2,3)7-5-10/h9-10H,4-8,12H2,1-3H3. The maximum Gasteiger partial charge on any atom is 0.00131 e. The first-order valence-corrected chi connectivity index (χ1v) is 5.25. The van der Waals surface area contributed by atoms with Gasteiger partial charge >= 0.3 is 0 Å². The van der Waals surface area contributed by atoms with E-state index in [2.05, 4.69) is 20.8 Å². The van der Waals surface area contributed by atoms with Crippen molar-refractivity contribution in [1.82, 2.24) is 0 Å². The molecule has 0 radical (unpaired) electrons. The first-order chi connectivity index (χ1) is 5.49. The van der Waals surface area contributed by atoms with Crippen molar-refractivity contribution in [2.75, 3.05) is 0 Å². The first-order valence-electron chi connectivity index (χ1n) is 5.25. The largest absolute Gasteiger partial charge is 0.328 e. The lowest BCUT2D eigenvalue weighted by Gasteiger charge is -2.34. The van der Waals surface area contributed by atoms with Crippen LogP contribution in [0.2, 0.25) is 0 Å². The van der Waals surface area contributed by atoms with Gasteiger partial charge < -0.3 is 5.73 Å². The number of rotatable bonds is 2. The van der Waals surface area contributed by atoms with Gasteiger partial charge in [-0.2, -0.15) is 0 Å². The van der Waals surface area contributed by atoms with E-state index in [1.807, 2.05) is 0 Å². The predicted molar refractivity (Wildman–Crippen MR) is 54.0 cm³/mol. The average molecular weight is 169 g/mol. The van der Waals surface area contributed by atoms with Gasteiger partial charge in [0.25, 0.3) is 0 Å². The number of hydrogen-bond donors (Lipinski definition) is 1. The molecular formula is C11H23N. The molecule has 0 saturated heterocycles. The minimum atomic E-state index is 0.399. The summed E-state index contributed by atoms with van der Waals surface area (Å²) in [6.45, 7) is 6.89. The molecule has 1 atom stereocenters. The lowest BCUT2D eigenvalue weighted by molar-refractivity contribution is 0.181. The van der Waals surface area contributed by atoms with Crippen molar-refractivity contribution in [2.24, 2.45) is 17.1 Å². The van der Waals surface area contributed by atoms with Gasteiger partial charge in [0.05, 0.1) is 0 Å². The summed E-state index contributed by atoms with van der Waals surface area (Å²) in [4.78, 5) is 0. The molecule has 1 aliphatic carbocycles. The minimum Gasteiger partial charge on any atom is -0.328 e. The molecule has 12 heavy (non-hydrogen) atoms. The Labute approximate surface area is 76.7 Å². The second-order valence-electron chi connectivity index (χ2n) is 5.32. The molecule has 0 heterocycles. The predicted octanol–water partition coefficient (Wildman–Crippen LogP) is 2.94. The van der Waals surface area contributed by atoms with Crippen molar-refractivity contribution in [3.8, 4) is 0 Å². The van der Waals surface area contributed by atoms with Gasteiger partial charge in [0.1, 0.15) is 0 Å². The fourth-order valence-corrected chi connectivity index (χ4v) is 2.22. The minimum absolute atomic E-state index is 0.399. The van der Waals surface area contributed by atoms with Crippen LogP contribution in [0.15, 0.2) is 0 Å². The zero-order valence-corrected chi connectivity index (χ0v) is 8.77. The summed E-state index contributed by atoms with van der Waals surface area (Å²) >= 11 is 0. The van der Waals surface area contributed by atoms with E-state index in [1.54, 1.807) is 0 Å². The quantitative estimate of drug-likeness (QED) is 0.675. The smallest absolute Gasteiger partial charge is 0.00131 e. The zero-order valence-electron chi connectivity index (χ0n) is 8.77. The van der Waals surface area contributed by atoms with Crippen molar-refractivity contribution in [3.63, 3.8) is 0 Å². The van der Waals surface area contributed by atoms with Gasteiger partial charge in [-0.05, 0) is 50.4 Å². The molecule has 0 aromatic heterocycles. The van der Waals surface area contributed by atoms with Crippen LogP contribution in [0.1, 0.15) is 52.9 Å². The summed E-state index contributed by atoms with van der Waals surface area (Å²) in [6, 6.07) is 0.399. The van der Waals surface area contributed by atoms with Crippen LogP contribution in [0.4, 0.5) is 0 Å². The molecule has 0 amide bonds. The Morgan fingerprint density at radius 3 is 2.25 bits per heavy atom. The highest BCUT2D eigenvalue weighted by atomic mass is 14.6. The Balaban J connectivity index is 2.27. The van der Waals surface area contributed by atoms with E-state index in [9.17, 15) is 0 Å². The van der Waals surface area contributed by atoms with Crippen LogP contribution in [-0.2, 0) is 0 Å². The van der Waals surface area contributed by atoms with E-state index in [1.165, 1.54) is 32.1 Å². The van der Waals surface area contributed by atoms with Crippen molar-refractivity contribution < 1.29 is 0 Å². The molecule has 1 aliphatic rings. The fourth-order valence-electron chi connectivity index (χ4n) is 2.22. The second kappa shape index (κ2) is 3.78. The van der Waals surface area contributed by atoms with Crippen molar-refractivity contribution in [3.05, 3.63) is 0 Å². The third-order valence-corrected chi connectivity index (χ3v) is 3.16. The highest BCUT2D eigenvalue weighted by Crippen LogP contribution is 2.39. The maximum atomic E-state index is 5.79. The van der Waals surface area contributed by atoms with Crippen LogP contribution in [0.3, 0.4) is 0 Å². The van der Waals surface area contributed by atoms with Gasteiger partial charge in [-0.25, -0.2) is 0 Å². The molecule has 72 valence electrons. The Hall–Kier alpha value is -0.0400. The number of nitrogens with two attached hydrogens (primary N) is 1. The molecule has 0 aliphatic heterocycles. The van der Waals surface area contributed by atoms with E-state index in [0.717, 1.165) is 5.92 Å². The molecule has 2 N–H and O–H groups in total. The van der Waals surface area contributed by atoms with Crippen LogP contribution in [0.25, 0.3) is 0 Å². The van der Waals surface area contributed by atoms with Crippen LogP contribution < -0.4 is 5.73 Å². The van der Waals surface area contributed by atoms with Crippen molar-refractivity contribution in [1.29, 1.82) is 0 Å². The molecule has 1 fully saturated rings. The maximum absolute atomic E-state index is 5.79. The fraction of sp³-hybridized carbons (Fsp3) is 1.00. The monoisotopic (exact) mass is 169 g/mol. The van der Waals surface area contributed by atoms with Crippen LogP contribution in [0, 0.1) is 11.3 Å². The SMILES string of the molecule is CC(N)CC1CCC(C)(C)CC1. The van der Waals surface area contributed by atoms with Crippen LogP contribution in [-0.4, -0.2) is 6.04 Å².